The summed E-state index contributed by atoms with van der Waals surface area (Å²) in [5.41, 5.74) is 7.89. The van der Waals surface area contributed by atoms with E-state index in [1.807, 2.05) is 6.92 Å². The fraction of sp³-hybridized carbons (Fsp3) is 0.500. The molecule has 0 saturated carbocycles. The lowest BCUT2D eigenvalue weighted by atomic mass is 9.87. The lowest BCUT2D eigenvalue weighted by Crippen LogP contribution is -2.51. The number of rotatable bonds is 7. The van der Waals surface area contributed by atoms with Gasteiger partial charge in [-0.2, -0.15) is 5.10 Å². The number of nitrogen functional groups attached to an aromatic ring is 1. The van der Waals surface area contributed by atoms with Crippen molar-refractivity contribution in [2.75, 3.05) is 32.5 Å². The van der Waals surface area contributed by atoms with E-state index in [9.17, 15) is 5.11 Å². The number of anilines is 1. The summed E-state index contributed by atoms with van der Waals surface area (Å²) in [6, 6.07) is 1.62. The molecule has 3 aromatic rings. The number of nitrogens with two attached hydrogens (primary N) is 1. The number of hydrogen-bond acceptors (Lipinski definition) is 7. The van der Waals surface area contributed by atoms with E-state index in [0.29, 0.717) is 55.4 Å². The number of aliphatic hydroxyl groups is 1. The van der Waals surface area contributed by atoms with Crippen LogP contribution >= 0.6 is 11.6 Å². The third-order valence-corrected chi connectivity index (χ3v) is 6.07. The zero-order valence-corrected chi connectivity index (χ0v) is 19.4. The number of β-amino-alcohol motifs (C(OH)–C–C–N with tert-alkyl or cyclic N) is 1. The molecule has 172 valence electrons. The first-order valence-electron chi connectivity index (χ1n) is 10.5. The van der Waals surface area contributed by atoms with Gasteiger partial charge >= 0.3 is 0 Å². The molecule has 1 aliphatic rings. The van der Waals surface area contributed by atoms with Gasteiger partial charge in [0.15, 0.2) is 5.65 Å². The van der Waals surface area contributed by atoms with Gasteiger partial charge in [0.2, 0.25) is 0 Å². The maximum Gasteiger partial charge on any atom is 0.163 e. The fourth-order valence-electron chi connectivity index (χ4n) is 4.50. The van der Waals surface area contributed by atoms with Gasteiger partial charge in [0.25, 0.3) is 0 Å². The van der Waals surface area contributed by atoms with Crippen molar-refractivity contribution in [1.82, 2.24) is 24.6 Å². The van der Waals surface area contributed by atoms with Crippen molar-refractivity contribution in [2.24, 2.45) is 0 Å². The van der Waals surface area contributed by atoms with Crippen molar-refractivity contribution in [3.05, 3.63) is 40.1 Å². The Morgan fingerprint density at radius 1 is 1.34 bits per heavy atom. The Balaban J connectivity index is 1.60. The van der Waals surface area contributed by atoms with Crippen molar-refractivity contribution in [3.8, 4) is 5.75 Å². The highest BCUT2D eigenvalue weighted by Crippen LogP contribution is 2.41. The fourth-order valence-corrected chi connectivity index (χ4v) is 4.73. The highest BCUT2D eigenvalue weighted by atomic mass is 35.5. The molecule has 4 rings (SSSR count). The Hall–Kier alpha value is -2.49. The second kappa shape index (κ2) is 8.46. The molecule has 1 fully saturated rings. The van der Waals surface area contributed by atoms with Crippen molar-refractivity contribution < 1.29 is 14.2 Å². The molecule has 0 spiro atoms. The molecule has 0 atom stereocenters. The van der Waals surface area contributed by atoms with Gasteiger partial charge in [-0.1, -0.05) is 11.6 Å². The quantitative estimate of drug-likeness (QED) is 0.556. The lowest BCUT2D eigenvalue weighted by molar-refractivity contribution is 0.00663. The van der Waals surface area contributed by atoms with Gasteiger partial charge in [0.1, 0.15) is 23.7 Å². The predicted molar refractivity (Wildman–Crippen MR) is 122 cm³/mol. The maximum absolute atomic E-state index is 15.1. The highest BCUT2D eigenvalue weighted by Gasteiger charge is 2.36. The zero-order valence-electron chi connectivity index (χ0n) is 18.7. The number of aryl methyl sites for hydroxylation is 3. The van der Waals surface area contributed by atoms with E-state index >= 15 is 4.39 Å². The van der Waals surface area contributed by atoms with Gasteiger partial charge in [-0.15, -0.1) is 0 Å². The van der Waals surface area contributed by atoms with Crippen LogP contribution in [0.4, 0.5) is 10.2 Å². The number of likely N-dealkylation sites (tertiary alicyclic amines) is 1. The van der Waals surface area contributed by atoms with E-state index in [-0.39, 0.29) is 10.9 Å². The highest BCUT2D eigenvalue weighted by molar-refractivity contribution is 6.31. The van der Waals surface area contributed by atoms with Crippen molar-refractivity contribution in [1.29, 1.82) is 0 Å². The first-order valence-corrected chi connectivity index (χ1v) is 10.9. The van der Waals surface area contributed by atoms with Crippen LogP contribution < -0.4 is 10.5 Å². The topological polar surface area (TPSA) is 102 Å². The molecule has 32 heavy (non-hydrogen) atoms. The van der Waals surface area contributed by atoms with Gasteiger partial charge in [0.05, 0.1) is 28.8 Å². The molecule has 2 aromatic heterocycles. The first-order chi connectivity index (χ1) is 15.1. The van der Waals surface area contributed by atoms with Crippen LogP contribution in [-0.4, -0.2) is 62.1 Å². The monoisotopic (exact) mass is 462 g/mol. The van der Waals surface area contributed by atoms with Crippen molar-refractivity contribution in [2.45, 2.75) is 45.3 Å². The number of ether oxygens (including phenoxy) is 1. The molecule has 0 amide bonds. The molecule has 3 N–H and O–H groups in total. The molecule has 8 nitrogen and oxygen atoms in total. The Bertz CT molecular complexity index is 1150. The average Bonchev–Trinajstić information content (AvgIpc) is 3.01. The number of methoxy groups -OCH3 is 1. The van der Waals surface area contributed by atoms with Crippen LogP contribution in [0.15, 0.2) is 12.4 Å². The third-order valence-electron chi connectivity index (χ3n) is 5.79. The Morgan fingerprint density at radius 2 is 2.06 bits per heavy atom. The predicted octanol–water partition coefficient (Wildman–Crippen LogP) is 2.93. The van der Waals surface area contributed by atoms with Crippen LogP contribution in [0.25, 0.3) is 11.0 Å². The second-order valence-electron chi connectivity index (χ2n) is 9.00. The molecule has 1 saturated heterocycles. The number of benzene rings is 1. The normalized spacial score (nSPS) is 15.3. The van der Waals surface area contributed by atoms with E-state index < -0.39 is 11.4 Å². The molecule has 0 aliphatic carbocycles. The molecule has 0 radical (unpaired) electrons. The van der Waals surface area contributed by atoms with Gasteiger partial charge in [-0.25, -0.2) is 19.0 Å². The van der Waals surface area contributed by atoms with E-state index in [4.69, 9.17) is 22.1 Å². The second-order valence-corrected chi connectivity index (χ2v) is 9.41. The minimum absolute atomic E-state index is 0.0509. The van der Waals surface area contributed by atoms with E-state index in [1.54, 1.807) is 31.7 Å². The molecular weight excluding hydrogens is 435 g/mol. The van der Waals surface area contributed by atoms with E-state index in [2.05, 4.69) is 20.0 Å². The molecule has 10 heteroatoms. The number of aromatic nitrogens is 4. The van der Waals surface area contributed by atoms with Crippen LogP contribution in [0.5, 0.6) is 5.75 Å². The lowest BCUT2D eigenvalue weighted by Gasteiger charge is -2.42. The smallest absolute Gasteiger partial charge is 0.163 e. The van der Waals surface area contributed by atoms with Crippen LogP contribution in [0, 0.1) is 12.7 Å². The van der Waals surface area contributed by atoms with Crippen molar-refractivity contribution in [3.63, 3.8) is 0 Å². The largest absolute Gasteiger partial charge is 0.496 e. The van der Waals surface area contributed by atoms with Crippen molar-refractivity contribution >= 4 is 28.5 Å². The number of fused-ring (bicyclic) bond motifs is 1. The average molecular weight is 463 g/mol. The van der Waals surface area contributed by atoms with E-state index in [1.165, 1.54) is 6.33 Å². The maximum atomic E-state index is 15.1. The van der Waals surface area contributed by atoms with Crippen LogP contribution in [0.1, 0.15) is 36.6 Å². The minimum Gasteiger partial charge on any atom is -0.496 e. The summed E-state index contributed by atoms with van der Waals surface area (Å²) in [6.45, 7) is 7.68. The summed E-state index contributed by atoms with van der Waals surface area (Å²) in [5.74, 6) is 0.414. The van der Waals surface area contributed by atoms with Gasteiger partial charge in [-0.05, 0) is 38.8 Å². The first kappa shape index (κ1) is 22.7. The summed E-state index contributed by atoms with van der Waals surface area (Å²) in [6.07, 6.45) is 1.94. The molecule has 0 bridgehead atoms. The standard InChI is InChI=1S/C22H28ClFN6O2/c1-12-16-20(25)26-11-27-21(16)30(28-12)6-5-13-7-15(23)18(24)17(19(13)32-4)14-8-29(9-14)10-22(2,3)31/h7,11,14,31H,5-6,8-10H2,1-4H3,(H2,25,26,27). The Kier molecular flexibility index (Phi) is 6.00. The SMILES string of the molecule is COc1c(CCn2nc(C)c3c(N)ncnc32)cc(Cl)c(F)c1C1CN(CC(C)(C)O)C1. The molecule has 0 unspecified atom stereocenters. The number of hydrogen-bond donors (Lipinski definition) is 2. The summed E-state index contributed by atoms with van der Waals surface area (Å²) in [5, 5.41) is 15.4. The molecule has 3 heterocycles. The van der Waals surface area contributed by atoms with Crippen LogP contribution in [0.3, 0.4) is 0 Å². The van der Waals surface area contributed by atoms with E-state index in [0.717, 1.165) is 16.6 Å². The molecular formula is C22H28ClFN6O2. The summed E-state index contributed by atoms with van der Waals surface area (Å²) in [7, 11) is 1.55. The molecule has 1 aromatic carbocycles. The summed E-state index contributed by atoms with van der Waals surface area (Å²) < 4.78 is 22.5. The van der Waals surface area contributed by atoms with Gasteiger partial charge < -0.3 is 15.6 Å². The number of halogens is 2. The Morgan fingerprint density at radius 3 is 2.72 bits per heavy atom. The Labute approximate surface area is 191 Å². The summed E-state index contributed by atoms with van der Waals surface area (Å²) in [4.78, 5) is 10.4. The minimum atomic E-state index is -0.801. The molecule has 1 aliphatic heterocycles. The van der Waals surface area contributed by atoms with Gasteiger partial charge in [0, 0.05) is 37.7 Å². The van der Waals surface area contributed by atoms with Gasteiger partial charge in [-0.3, -0.25) is 4.90 Å². The number of nitrogens with zero attached hydrogens (tertiary/aromatic N) is 5. The zero-order chi connectivity index (χ0) is 23.2. The van der Waals surface area contributed by atoms with Crippen LogP contribution in [-0.2, 0) is 13.0 Å². The summed E-state index contributed by atoms with van der Waals surface area (Å²) >= 11 is 6.27. The third kappa shape index (κ3) is 4.24. The van der Waals surface area contributed by atoms with Crippen LogP contribution in [0.2, 0.25) is 5.02 Å².